The van der Waals surface area contributed by atoms with E-state index in [1.54, 1.807) is 6.07 Å². The summed E-state index contributed by atoms with van der Waals surface area (Å²) in [6, 6.07) is 2.91. The number of carbonyl (C=O) groups excluding carboxylic acids is 1. The Balaban J connectivity index is 3.07. The predicted octanol–water partition coefficient (Wildman–Crippen LogP) is 2.43. The van der Waals surface area contributed by atoms with E-state index in [0.29, 0.717) is 10.0 Å². The van der Waals surface area contributed by atoms with Crippen LogP contribution in [0.3, 0.4) is 0 Å². The van der Waals surface area contributed by atoms with E-state index in [9.17, 15) is 9.18 Å². The Labute approximate surface area is 88.7 Å². The first-order chi connectivity index (χ1) is 6.69. The zero-order valence-corrected chi connectivity index (χ0v) is 8.97. The molecule has 14 heavy (non-hydrogen) atoms. The molecule has 0 radical (unpaired) electrons. The molecule has 0 heterocycles. The number of rotatable bonds is 3. The van der Waals surface area contributed by atoms with Gasteiger partial charge in [-0.3, -0.25) is 0 Å². The second-order valence-electron chi connectivity index (χ2n) is 2.50. The summed E-state index contributed by atoms with van der Waals surface area (Å²) in [4.78, 5) is 13.2. The van der Waals surface area contributed by atoms with E-state index in [1.165, 1.54) is 19.3 Å². The fourth-order valence-corrected chi connectivity index (χ4v) is 1.67. The molecule has 0 aliphatic carbocycles. The van der Waals surface area contributed by atoms with Crippen LogP contribution in [0.2, 0.25) is 0 Å². The van der Waals surface area contributed by atoms with Gasteiger partial charge in [-0.1, -0.05) is 0 Å². The van der Waals surface area contributed by atoms with Gasteiger partial charge in [0.2, 0.25) is 6.08 Å². The van der Waals surface area contributed by atoms with Gasteiger partial charge in [-0.2, -0.15) is 0 Å². The first kappa shape index (κ1) is 10.9. The van der Waals surface area contributed by atoms with E-state index in [0.717, 1.165) is 0 Å². The molecule has 0 saturated carbocycles. The molecule has 0 spiro atoms. The summed E-state index contributed by atoms with van der Waals surface area (Å²) in [6.07, 6.45) is 1.39. The van der Waals surface area contributed by atoms with Crippen molar-refractivity contribution in [3.63, 3.8) is 0 Å². The third kappa shape index (κ3) is 2.40. The van der Waals surface area contributed by atoms with E-state index in [-0.39, 0.29) is 12.3 Å². The Kier molecular flexibility index (Phi) is 3.80. The minimum Gasteiger partial charge on any atom is -0.492 e. The van der Waals surface area contributed by atoms with Crippen LogP contribution in [0.1, 0.15) is 5.56 Å². The van der Waals surface area contributed by atoms with Crippen molar-refractivity contribution >= 4 is 22.0 Å². The van der Waals surface area contributed by atoms with Gasteiger partial charge < -0.3 is 4.74 Å². The van der Waals surface area contributed by atoms with Gasteiger partial charge in [0.15, 0.2) is 11.6 Å². The number of isocyanates is 1. The Hall–Kier alpha value is -1.19. The van der Waals surface area contributed by atoms with E-state index in [4.69, 9.17) is 4.74 Å². The molecule has 0 aliphatic heterocycles. The van der Waals surface area contributed by atoms with Crippen molar-refractivity contribution in [2.75, 3.05) is 7.11 Å². The zero-order chi connectivity index (χ0) is 10.6. The summed E-state index contributed by atoms with van der Waals surface area (Å²) >= 11 is 3.14. The summed E-state index contributed by atoms with van der Waals surface area (Å²) in [6.45, 7) is 0.114. The third-order valence-corrected chi connectivity index (χ3v) is 2.18. The van der Waals surface area contributed by atoms with Gasteiger partial charge in [-0.05, 0) is 33.6 Å². The largest absolute Gasteiger partial charge is 0.492 e. The van der Waals surface area contributed by atoms with Crippen molar-refractivity contribution in [1.82, 2.24) is 0 Å². The van der Waals surface area contributed by atoms with E-state index < -0.39 is 5.82 Å². The topological polar surface area (TPSA) is 38.7 Å². The summed E-state index contributed by atoms with van der Waals surface area (Å²) in [5.74, 6) is -0.346. The fraction of sp³-hybridized carbons (Fsp3) is 0.222. The van der Waals surface area contributed by atoms with Crippen LogP contribution in [0.25, 0.3) is 0 Å². The smallest absolute Gasteiger partial charge is 0.235 e. The van der Waals surface area contributed by atoms with Gasteiger partial charge >= 0.3 is 0 Å². The predicted molar refractivity (Wildman–Crippen MR) is 52.5 cm³/mol. The second kappa shape index (κ2) is 4.88. The van der Waals surface area contributed by atoms with Crippen LogP contribution in [0.5, 0.6) is 5.75 Å². The number of benzene rings is 1. The lowest BCUT2D eigenvalue weighted by atomic mass is 10.2. The lowest BCUT2D eigenvalue weighted by Crippen LogP contribution is -1.92. The molecule has 74 valence electrons. The van der Waals surface area contributed by atoms with E-state index in [1.807, 2.05) is 0 Å². The summed E-state index contributed by atoms with van der Waals surface area (Å²) in [7, 11) is 1.38. The molecule has 1 aromatic carbocycles. The number of nitrogens with zero attached hydrogens (tertiary/aromatic N) is 1. The van der Waals surface area contributed by atoms with Gasteiger partial charge in [-0.15, -0.1) is 0 Å². The molecule has 0 amide bonds. The zero-order valence-electron chi connectivity index (χ0n) is 7.38. The average molecular weight is 260 g/mol. The SMILES string of the molecule is COc1c(F)cc(CN=C=O)cc1Br. The summed E-state index contributed by atoms with van der Waals surface area (Å²) < 4.78 is 18.5. The molecular weight excluding hydrogens is 253 g/mol. The van der Waals surface area contributed by atoms with Crippen molar-refractivity contribution in [1.29, 1.82) is 0 Å². The number of halogens is 2. The van der Waals surface area contributed by atoms with Crippen LogP contribution in [0.15, 0.2) is 21.6 Å². The molecule has 0 saturated heterocycles. The maximum atomic E-state index is 13.2. The van der Waals surface area contributed by atoms with Crippen molar-refractivity contribution in [2.45, 2.75) is 6.54 Å². The molecule has 1 rings (SSSR count). The minimum absolute atomic E-state index is 0.114. The lowest BCUT2D eigenvalue weighted by molar-refractivity contribution is 0.383. The quantitative estimate of drug-likeness (QED) is 0.618. The van der Waals surface area contributed by atoms with Gasteiger partial charge in [0, 0.05) is 0 Å². The maximum absolute atomic E-state index is 13.2. The number of hydrogen-bond donors (Lipinski definition) is 0. The molecule has 0 aromatic heterocycles. The Bertz CT molecular complexity index is 365. The molecule has 0 aliphatic rings. The monoisotopic (exact) mass is 259 g/mol. The highest BCUT2D eigenvalue weighted by molar-refractivity contribution is 9.10. The standard InChI is InChI=1S/C9H7BrFNO2/c1-14-9-7(10)2-6(3-8(9)11)4-12-5-13/h2-3H,4H2,1H3. The highest BCUT2D eigenvalue weighted by Gasteiger charge is 2.08. The van der Waals surface area contributed by atoms with E-state index >= 15 is 0 Å². The van der Waals surface area contributed by atoms with Crippen molar-refractivity contribution in [2.24, 2.45) is 4.99 Å². The molecule has 0 fully saturated rings. The lowest BCUT2D eigenvalue weighted by Gasteiger charge is -2.05. The summed E-state index contributed by atoms with van der Waals surface area (Å²) in [5, 5.41) is 0. The normalized spacial score (nSPS) is 9.36. The molecule has 1 aromatic rings. The van der Waals surface area contributed by atoms with Crippen LogP contribution in [-0.4, -0.2) is 13.2 Å². The Morgan fingerprint density at radius 2 is 2.36 bits per heavy atom. The van der Waals surface area contributed by atoms with Crippen molar-refractivity contribution in [3.8, 4) is 5.75 Å². The minimum atomic E-state index is -0.488. The van der Waals surface area contributed by atoms with Crippen molar-refractivity contribution in [3.05, 3.63) is 28.0 Å². The molecular formula is C9H7BrFNO2. The molecule has 0 bridgehead atoms. The van der Waals surface area contributed by atoms with Crippen LogP contribution in [-0.2, 0) is 11.3 Å². The maximum Gasteiger partial charge on any atom is 0.235 e. The fourth-order valence-electron chi connectivity index (χ4n) is 1.02. The number of ether oxygens (including phenoxy) is 1. The molecule has 0 N–H and O–H groups in total. The average Bonchev–Trinajstić information content (AvgIpc) is 2.14. The van der Waals surface area contributed by atoms with Crippen LogP contribution in [0, 0.1) is 5.82 Å². The van der Waals surface area contributed by atoms with Crippen LogP contribution in [0.4, 0.5) is 4.39 Å². The van der Waals surface area contributed by atoms with Gasteiger partial charge in [0.05, 0.1) is 18.1 Å². The van der Waals surface area contributed by atoms with E-state index in [2.05, 4.69) is 20.9 Å². The highest BCUT2D eigenvalue weighted by Crippen LogP contribution is 2.29. The van der Waals surface area contributed by atoms with Gasteiger partial charge in [0.25, 0.3) is 0 Å². The first-order valence-corrected chi connectivity index (χ1v) is 4.54. The number of methoxy groups -OCH3 is 1. The number of hydrogen-bond acceptors (Lipinski definition) is 3. The van der Waals surface area contributed by atoms with Crippen molar-refractivity contribution < 1.29 is 13.9 Å². The molecule has 5 heteroatoms. The second-order valence-corrected chi connectivity index (χ2v) is 3.35. The third-order valence-electron chi connectivity index (χ3n) is 1.59. The Morgan fingerprint density at radius 3 is 2.86 bits per heavy atom. The molecule has 0 atom stereocenters. The number of aliphatic imine (C=N–C) groups is 1. The van der Waals surface area contributed by atoms with Gasteiger partial charge in [0.1, 0.15) is 0 Å². The molecule has 0 unspecified atom stereocenters. The van der Waals surface area contributed by atoms with Gasteiger partial charge in [-0.25, -0.2) is 14.2 Å². The first-order valence-electron chi connectivity index (χ1n) is 3.74. The molecule has 3 nitrogen and oxygen atoms in total. The summed E-state index contributed by atoms with van der Waals surface area (Å²) in [5.41, 5.74) is 0.582. The Morgan fingerprint density at radius 1 is 1.64 bits per heavy atom. The highest BCUT2D eigenvalue weighted by atomic mass is 79.9. The van der Waals surface area contributed by atoms with Crippen LogP contribution < -0.4 is 4.74 Å². The van der Waals surface area contributed by atoms with Crippen LogP contribution >= 0.6 is 15.9 Å².